The van der Waals surface area contributed by atoms with Crippen molar-refractivity contribution < 1.29 is 9.59 Å². The molecule has 1 aromatic rings. The third-order valence-electron chi connectivity index (χ3n) is 3.07. The molecule has 0 saturated heterocycles. The number of carbonyl (C=O) groups excluding carboxylic acids is 2. The molecule has 0 saturated carbocycles. The Morgan fingerprint density at radius 2 is 2.06 bits per heavy atom. The lowest BCUT2D eigenvalue weighted by atomic mass is 9.86. The number of hydrogen-bond donors (Lipinski definition) is 3. The van der Waals surface area contributed by atoms with E-state index in [9.17, 15) is 9.59 Å². The number of amidine groups is 1. The van der Waals surface area contributed by atoms with Crippen LogP contribution in [0.4, 0.5) is 5.69 Å². The van der Waals surface area contributed by atoms with E-state index in [0.717, 1.165) is 5.56 Å². The van der Waals surface area contributed by atoms with E-state index < -0.39 is 5.41 Å². The first-order chi connectivity index (χ1) is 8.32. The average Bonchev–Trinajstić information content (AvgIpc) is 2.48. The largest absolute Gasteiger partial charge is 0.325 e. The molecule has 94 valence electrons. The van der Waals surface area contributed by atoms with Crippen molar-refractivity contribution in [3.8, 4) is 0 Å². The number of hydrogen-bond acceptors (Lipinski definition) is 3. The standard InChI is InChI=1S/C13H15N3O2/c1-7(14)15-11(17)8-4-5-9-10(6-8)16-12(18)13(9,2)3/h4-6H,1-3H3,(H,16,18)(H2,14,15,17). The van der Waals surface area contributed by atoms with Gasteiger partial charge in [0.15, 0.2) is 0 Å². The van der Waals surface area contributed by atoms with Gasteiger partial charge in [0.2, 0.25) is 5.91 Å². The fraction of sp³-hybridized carbons (Fsp3) is 0.308. The second kappa shape index (κ2) is 3.94. The van der Waals surface area contributed by atoms with E-state index in [0.29, 0.717) is 11.3 Å². The van der Waals surface area contributed by atoms with Gasteiger partial charge in [-0.25, -0.2) is 0 Å². The highest BCUT2D eigenvalue weighted by atomic mass is 16.2. The maximum Gasteiger partial charge on any atom is 0.256 e. The number of rotatable bonds is 1. The summed E-state index contributed by atoms with van der Waals surface area (Å²) in [5, 5.41) is 12.4. The molecule has 5 nitrogen and oxygen atoms in total. The first-order valence-electron chi connectivity index (χ1n) is 5.65. The topological polar surface area (TPSA) is 82.1 Å². The summed E-state index contributed by atoms with van der Waals surface area (Å²) in [5.74, 6) is -0.326. The molecule has 2 rings (SSSR count). The zero-order valence-electron chi connectivity index (χ0n) is 10.5. The Hall–Kier alpha value is -2.17. The molecular formula is C13H15N3O2. The molecule has 1 aliphatic heterocycles. The summed E-state index contributed by atoms with van der Waals surface area (Å²) >= 11 is 0. The lowest BCUT2D eigenvalue weighted by molar-refractivity contribution is -0.119. The molecule has 18 heavy (non-hydrogen) atoms. The van der Waals surface area contributed by atoms with Gasteiger partial charge in [-0.2, -0.15) is 0 Å². The predicted molar refractivity (Wildman–Crippen MR) is 69.0 cm³/mol. The first-order valence-corrected chi connectivity index (χ1v) is 5.65. The van der Waals surface area contributed by atoms with Crippen LogP contribution < -0.4 is 10.6 Å². The smallest absolute Gasteiger partial charge is 0.256 e. The number of anilines is 1. The summed E-state index contributed by atoms with van der Waals surface area (Å²) in [4.78, 5) is 23.5. The van der Waals surface area contributed by atoms with Gasteiger partial charge in [0.05, 0.1) is 11.3 Å². The van der Waals surface area contributed by atoms with Crippen LogP contribution in [0.3, 0.4) is 0 Å². The van der Waals surface area contributed by atoms with Gasteiger partial charge in [0, 0.05) is 11.3 Å². The minimum atomic E-state index is -0.568. The van der Waals surface area contributed by atoms with Gasteiger partial charge in [0.25, 0.3) is 5.91 Å². The highest BCUT2D eigenvalue weighted by Crippen LogP contribution is 2.37. The van der Waals surface area contributed by atoms with Crippen molar-refractivity contribution in [3.63, 3.8) is 0 Å². The summed E-state index contributed by atoms with van der Waals surface area (Å²) < 4.78 is 0. The van der Waals surface area contributed by atoms with Crippen LogP contribution in [0.2, 0.25) is 0 Å². The van der Waals surface area contributed by atoms with Crippen molar-refractivity contribution in [2.75, 3.05) is 5.32 Å². The molecule has 0 unspecified atom stereocenters. The van der Waals surface area contributed by atoms with Crippen LogP contribution in [-0.2, 0) is 10.2 Å². The van der Waals surface area contributed by atoms with Crippen molar-refractivity contribution in [2.45, 2.75) is 26.2 Å². The Bertz CT molecular complexity index is 561. The van der Waals surface area contributed by atoms with Crippen LogP contribution in [0, 0.1) is 5.41 Å². The molecule has 0 fully saturated rings. The summed E-state index contributed by atoms with van der Waals surface area (Å²) in [6.07, 6.45) is 0. The Morgan fingerprint density at radius 1 is 1.39 bits per heavy atom. The molecule has 1 aromatic carbocycles. The number of fused-ring (bicyclic) bond motifs is 1. The van der Waals surface area contributed by atoms with E-state index in [1.54, 1.807) is 18.2 Å². The number of benzene rings is 1. The van der Waals surface area contributed by atoms with E-state index in [-0.39, 0.29) is 17.6 Å². The predicted octanol–water partition coefficient (Wildman–Crippen LogP) is 1.64. The molecule has 2 amide bonds. The molecule has 0 spiro atoms. The van der Waals surface area contributed by atoms with E-state index in [2.05, 4.69) is 10.6 Å². The second-order valence-electron chi connectivity index (χ2n) is 4.92. The molecule has 1 aliphatic rings. The maximum atomic E-state index is 11.8. The minimum Gasteiger partial charge on any atom is -0.325 e. The fourth-order valence-corrected chi connectivity index (χ4v) is 1.98. The summed E-state index contributed by atoms with van der Waals surface area (Å²) in [7, 11) is 0. The normalized spacial score (nSPS) is 15.8. The second-order valence-corrected chi connectivity index (χ2v) is 4.92. The fourth-order valence-electron chi connectivity index (χ4n) is 1.98. The Kier molecular flexibility index (Phi) is 2.69. The van der Waals surface area contributed by atoms with Crippen molar-refractivity contribution in [1.82, 2.24) is 5.32 Å². The van der Waals surface area contributed by atoms with Crippen molar-refractivity contribution in [2.24, 2.45) is 0 Å². The lowest BCUT2D eigenvalue weighted by Crippen LogP contribution is -2.27. The molecule has 0 aliphatic carbocycles. The molecule has 0 aromatic heterocycles. The van der Waals surface area contributed by atoms with Gasteiger partial charge in [-0.15, -0.1) is 0 Å². The zero-order valence-corrected chi connectivity index (χ0v) is 10.5. The molecule has 0 bridgehead atoms. The van der Waals surface area contributed by atoms with Gasteiger partial charge < -0.3 is 10.6 Å². The Morgan fingerprint density at radius 3 is 2.67 bits per heavy atom. The molecule has 5 heteroatoms. The molecule has 0 radical (unpaired) electrons. The van der Waals surface area contributed by atoms with E-state index in [1.807, 2.05) is 13.8 Å². The van der Waals surface area contributed by atoms with Crippen LogP contribution in [-0.4, -0.2) is 17.6 Å². The summed E-state index contributed by atoms with van der Waals surface area (Å²) in [6, 6.07) is 5.08. The monoisotopic (exact) mass is 245 g/mol. The van der Waals surface area contributed by atoms with Crippen LogP contribution >= 0.6 is 0 Å². The minimum absolute atomic E-state index is 0.0710. The van der Waals surface area contributed by atoms with E-state index >= 15 is 0 Å². The van der Waals surface area contributed by atoms with Crippen molar-refractivity contribution in [3.05, 3.63) is 29.3 Å². The lowest BCUT2D eigenvalue weighted by Gasteiger charge is -2.14. The first kappa shape index (κ1) is 12.3. The average molecular weight is 245 g/mol. The summed E-state index contributed by atoms with van der Waals surface area (Å²) in [5.41, 5.74) is 1.41. The van der Waals surface area contributed by atoms with Crippen molar-refractivity contribution in [1.29, 1.82) is 5.41 Å². The van der Waals surface area contributed by atoms with Crippen LogP contribution in [0.5, 0.6) is 0 Å². The van der Waals surface area contributed by atoms with Gasteiger partial charge in [-0.05, 0) is 38.5 Å². The Balaban J connectivity index is 2.36. The van der Waals surface area contributed by atoms with E-state index in [1.165, 1.54) is 6.92 Å². The highest BCUT2D eigenvalue weighted by Gasteiger charge is 2.38. The van der Waals surface area contributed by atoms with Crippen molar-refractivity contribution >= 4 is 23.3 Å². The van der Waals surface area contributed by atoms with E-state index in [4.69, 9.17) is 5.41 Å². The van der Waals surface area contributed by atoms with Gasteiger partial charge >= 0.3 is 0 Å². The number of amides is 2. The molecule has 3 N–H and O–H groups in total. The highest BCUT2D eigenvalue weighted by molar-refractivity contribution is 6.09. The van der Waals surface area contributed by atoms with Gasteiger partial charge in [0.1, 0.15) is 0 Å². The quantitative estimate of drug-likeness (QED) is 0.519. The SMILES string of the molecule is CC(=N)NC(=O)c1ccc2c(c1)NC(=O)C2(C)C. The zero-order chi connectivity index (χ0) is 13.5. The Labute approximate surface area is 105 Å². The molecule has 1 heterocycles. The van der Waals surface area contributed by atoms with Gasteiger partial charge in [-0.3, -0.25) is 15.0 Å². The molecular weight excluding hydrogens is 230 g/mol. The number of nitrogens with one attached hydrogen (secondary N) is 3. The summed E-state index contributed by atoms with van der Waals surface area (Å²) in [6.45, 7) is 5.18. The van der Waals surface area contributed by atoms with Gasteiger partial charge in [-0.1, -0.05) is 6.07 Å². The van der Waals surface area contributed by atoms with Crippen LogP contribution in [0.1, 0.15) is 36.7 Å². The van der Waals surface area contributed by atoms with Crippen LogP contribution in [0.15, 0.2) is 18.2 Å². The third-order valence-corrected chi connectivity index (χ3v) is 3.07. The maximum absolute atomic E-state index is 11.8. The number of carbonyl (C=O) groups is 2. The molecule has 0 atom stereocenters. The third kappa shape index (κ3) is 1.88. The van der Waals surface area contributed by atoms with Crippen LogP contribution in [0.25, 0.3) is 0 Å².